The SMILES string of the molecule is CC(I)C(=O)OCCCC(=O)OC1(c2ccccc2)CC[NH2+]CC1. The highest BCUT2D eigenvalue weighted by Crippen LogP contribution is 2.34. The first-order chi connectivity index (χ1) is 11.5. The molecule has 0 aromatic heterocycles. The number of rotatable bonds is 7. The summed E-state index contributed by atoms with van der Waals surface area (Å²) in [6, 6.07) is 9.99. The van der Waals surface area contributed by atoms with Crippen LogP contribution in [0.3, 0.4) is 0 Å². The Balaban J connectivity index is 1.88. The predicted molar refractivity (Wildman–Crippen MR) is 98.8 cm³/mol. The molecule has 1 atom stereocenters. The zero-order chi connectivity index (χ0) is 17.4. The molecular weight excluding hydrogens is 421 g/mol. The Morgan fingerprint density at radius 1 is 1.25 bits per heavy atom. The Morgan fingerprint density at radius 2 is 1.92 bits per heavy atom. The lowest BCUT2D eigenvalue weighted by Crippen LogP contribution is -2.87. The number of hydrogen-bond donors (Lipinski definition) is 1. The summed E-state index contributed by atoms with van der Waals surface area (Å²) in [4.78, 5) is 23.7. The fourth-order valence-electron chi connectivity index (χ4n) is 2.90. The Kier molecular flexibility index (Phi) is 7.48. The van der Waals surface area contributed by atoms with Crippen molar-refractivity contribution in [1.82, 2.24) is 0 Å². The molecule has 1 aromatic rings. The van der Waals surface area contributed by atoms with Gasteiger partial charge in [-0.3, -0.25) is 9.59 Å². The van der Waals surface area contributed by atoms with Crippen LogP contribution in [0.25, 0.3) is 0 Å². The van der Waals surface area contributed by atoms with Crippen molar-refractivity contribution >= 4 is 34.5 Å². The molecule has 0 aliphatic carbocycles. The van der Waals surface area contributed by atoms with Crippen LogP contribution in [0, 0.1) is 0 Å². The lowest BCUT2D eigenvalue weighted by atomic mass is 9.84. The first-order valence-electron chi connectivity index (χ1n) is 8.43. The lowest BCUT2D eigenvalue weighted by molar-refractivity contribution is -0.668. The Labute approximate surface area is 156 Å². The average molecular weight is 446 g/mol. The number of alkyl halides is 1. The molecule has 0 radical (unpaired) electrons. The van der Waals surface area contributed by atoms with Gasteiger partial charge in [-0.2, -0.15) is 0 Å². The van der Waals surface area contributed by atoms with E-state index in [4.69, 9.17) is 9.47 Å². The number of carbonyl (C=O) groups excluding carboxylic acids is 2. The zero-order valence-electron chi connectivity index (χ0n) is 14.0. The Hall–Kier alpha value is -1.15. The summed E-state index contributed by atoms with van der Waals surface area (Å²) in [6.07, 6.45) is 2.40. The standard InChI is InChI=1S/C18H24INO4/c1-14(19)17(22)23-13-5-8-16(21)24-18(9-11-20-12-10-18)15-6-3-2-4-7-15/h2-4,6-7,14,20H,5,8-13H2,1H3/p+1. The number of quaternary nitrogens is 1. The van der Waals surface area contributed by atoms with E-state index in [0.29, 0.717) is 6.42 Å². The van der Waals surface area contributed by atoms with Crippen LogP contribution < -0.4 is 5.32 Å². The van der Waals surface area contributed by atoms with Gasteiger partial charge in [0.15, 0.2) is 0 Å². The van der Waals surface area contributed by atoms with E-state index in [1.54, 1.807) is 6.92 Å². The summed E-state index contributed by atoms with van der Waals surface area (Å²) in [5.74, 6) is -0.466. The van der Waals surface area contributed by atoms with Crippen LogP contribution in [0.2, 0.25) is 0 Å². The molecule has 132 valence electrons. The fraction of sp³-hybridized carbons (Fsp3) is 0.556. The number of esters is 2. The van der Waals surface area contributed by atoms with Crippen molar-refractivity contribution in [3.8, 4) is 0 Å². The van der Waals surface area contributed by atoms with Crippen LogP contribution >= 0.6 is 22.6 Å². The van der Waals surface area contributed by atoms with Gasteiger partial charge in [0.25, 0.3) is 0 Å². The molecule has 1 aliphatic heterocycles. The normalized spacial score (nSPS) is 17.8. The van der Waals surface area contributed by atoms with Gasteiger partial charge in [0.05, 0.1) is 19.7 Å². The molecule has 1 fully saturated rings. The van der Waals surface area contributed by atoms with Gasteiger partial charge in [-0.1, -0.05) is 52.9 Å². The van der Waals surface area contributed by atoms with Crippen LogP contribution in [-0.4, -0.2) is 35.6 Å². The molecule has 2 rings (SSSR count). The summed E-state index contributed by atoms with van der Waals surface area (Å²) in [7, 11) is 0. The second-order valence-corrected chi connectivity index (χ2v) is 7.96. The van der Waals surface area contributed by atoms with Crippen molar-refractivity contribution in [2.24, 2.45) is 0 Å². The monoisotopic (exact) mass is 446 g/mol. The molecule has 0 saturated carbocycles. The third kappa shape index (κ3) is 5.44. The summed E-state index contributed by atoms with van der Waals surface area (Å²) >= 11 is 2.01. The van der Waals surface area contributed by atoms with E-state index in [0.717, 1.165) is 31.5 Å². The molecular formula is C18H25INO4+. The van der Waals surface area contributed by atoms with Crippen LogP contribution in [0.4, 0.5) is 0 Å². The largest absolute Gasteiger partial charge is 0.465 e. The van der Waals surface area contributed by atoms with Crippen molar-refractivity contribution < 1.29 is 24.4 Å². The van der Waals surface area contributed by atoms with Gasteiger partial charge in [-0.15, -0.1) is 0 Å². The second-order valence-electron chi connectivity index (χ2n) is 6.09. The molecule has 0 amide bonds. The summed E-state index contributed by atoms with van der Waals surface area (Å²) in [5, 5.41) is 2.25. The van der Waals surface area contributed by atoms with Gasteiger partial charge in [-0.25, -0.2) is 0 Å². The van der Waals surface area contributed by atoms with Crippen molar-refractivity contribution in [2.75, 3.05) is 19.7 Å². The number of hydrogen-bond acceptors (Lipinski definition) is 4. The van der Waals surface area contributed by atoms with E-state index in [2.05, 4.69) is 5.32 Å². The second kappa shape index (κ2) is 9.36. The van der Waals surface area contributed by atoms with Gasteiger partial charge < -0.3 is 14.8 Å². The fourth-order valence-corrected chi connectivity index (χ4v) is 3.08. The van der Waals surface area contributed by atoms with Crippen molar-refractivity contribution in [3.63, 3.8) is 0 Å². The van der Waals surface area contributed by atoms with E-state index >= 15 is 0 Å². The van der Waals surface area contributed by atoms with Crippen LogP contribution in [0.5, 0.6) is 0 Å². The Morgan fingerprint density at radius 3 is 2.54 bits per heavy atom. The molecule has 1 heterocycles. The molecule has 24 heavy (non-hydrogen) atoms. The summed E-state index contributed by atoms with van der Waals surface area (Å²) in [5.41, 5.74) is 0.553. The highest BCUT2D eigenvalue weighted by molar-refractivity contribution is 14.1. The molecule has 0 bridgehead atoms. The van der Waals surface area contributed by atoms with Crippen molar-refractivity contribution in [1.29, 1.82) is 0 Å². The molecule has 1 saturated heterocycles. The maximum atomic E-state index is 12.3. The van der Waals surface area contributed by atoms with Gasteiger partial charge in [0.2, 0.25) is 0 Å². The minimum absolute atomic E-state index is 0.172. The summed E-state index contributed by atoms with van der Waals surface area (Å²) < 4.78 is 10.8. The van der Waals surface area contributed by atoms with Gasteiger partial charge >= 0.3 is 11.9 Å². The first-order valence-corrected chi connectivity index (χ1v) is 9.68. The summed E-state index contributed by atoms with van der Waals surface area (Å²) in [6.45, 7) is 3.94. The molecule has 1 aliphatic rings. The third-order valence-electron chi connectivity index (χ3n) is 4.21. The molecule has 1 aromatic carbocycles. The van der Waals surface area contributed by atoms with Gasteiger partial charge in [-0.05, 0) is 18.9 Å². The van der Waals surface area contributed by atoms with Crippen molar-refractivity contribution in [3.05, 3.63) is 35.9 Å². The first kappa shape index (κ1) is 19.2. The number of piperidine rings is 1. The maximum Gasteiger partial charge on any atom is 0.318 e. The lowest BCUT2D eigenvalue weighted by Gasteiger charge is -2.36. The van der Waals surface area contributed by atoms with Crippen molar-refractivity contribution in [2.45, 2.75) is 42.1 Å². The van der Waals surface area contributed by atoms with E-state index in [1.165, 1.54) is 0 Å². The minimum Gasteiger partial charge on any atom is -0.465 e. The van der Waals surface area contributed by atoms with E-state index in [9.17, 15) is 9.59 Å². The van der Waals surface area contributed by atoms with Gasteiger partial charge in [0, 0.05) is 19.3 Å². The third-order valence-corrected chi connectivity index (χ3v) is 4.72. The number of carbonyl (C=O) groups is 2. The predicted octanol–water partition coefficient (Wildman–Crippen LogP) is 1.93. The molecule has 5 nitrogen and oxygen atoms in total. The van der Waals surface area contributed by atoms with Crippen LogP contribution in [-0.2, 0) is 24.7 Å². The molecule has 1 unspecified atom stereocenters. The van der Waals surface area contributed by atoms with Crippen LogP contribution in [0.1, 0.15) is 38.2 Å². The zero-order valence-corrected chi connectivity index (χ0v) is 16.2. The molecule has 6 heteroatoms. The number of halogens is 1. The minimum atomic E-state index is -0.513. The highest BCUT2D eigenvalue weighted by atomic mass is 127. The average Bonchev–Trinajstić information content (AvgIpc) is 2.60. The highest BCUT2D eigenvalue weighted by Gasteiger charge is 2.39. The number of nitrogens with two attached hydrogens (primary N) is 1. The molecule has 2 N–H and O–H groups in total. The molecule has 0 spiro atoms. The topological polar surface area (TPSA) is 69.2 Å². The number of ether oxygens (including phenoxy) is 2. The van der Waals surface area contributed by atoms with E-state index in [-0.39, 0.29) is 28.9 Å². The van der Waals surface area contributed by atoms with E-state index < -0.39 is 5.60 Å². The van der Waals surface area contributed by atoms with E-state index in [1.807, 2.05) is 52.9 Å². The Bertz CT molecular complexity index is 541. The smallest absolute Gasteiger partial charge is 0.318 e. The number of benzene rings is 1. The van der Waals surface area contributed by atoms with Gasteiger partial charge in [0.1, 0.15) is 9.53 Å². The van der Waals surface area contributed by atoms with Crippen LogP contribution in [0.15, 0.2) is 30.3 Å². The maximum absolute atomic E-state index is 12.3. The quantitative estimate of drug-likeness (QED) is 0.301.